The third-order valence-corrected chi connectivity index (χ3v) is 14.4. The minimum absolute atomic E-state index is 0.595. The van der Waals surface area contributed by atoms with Gasteiger partial charge in [-0.3, -0.25) is 0 Å². The van der Waals surface area contributed by atoms with E-state index in [9.17, 15) is 5.11 Å². The number of benzene rings is 6. The molecule has 0 spiro atoms. The van der Waals surface area contributed by atoms with Crippen molar-refractivity contribution in [2.75, 3.05) is 26.4 Å². The minimum Gasteiger partial charge on any atom is -0.492 e. The SMILES string of the molecule is CCCCCCOc1cc(C#Cc2ccc(-c3ccc(C#CC(C)(C)O)cc3)cc2)c(OCCCCCC)cc1C#Cc1ccc(-c2ccc(C#Cc3cc(OCCCCCC)c(C#C[Si](C)(C)C)cc3OCCCCCC)cc2)cc1. The van der Waals surface area contributed by atoms with Crippen molar-refractivity contribution in [1.82, 2.24) is 0 Å². The summed E-state index contributed by atoms with van der Waals surface area (Å²) in [5, 5.41) is 10.0. The van der Waals surface area contributed by atoms with Gasteiger partial charge in [0.15, 0.2) is 0 Å². The van der Waals surface area contributed by atoms with Crippen molar-refractivity contribution in [2.45, 2.75) is 170 Å². The van der Waals surface area contributed by atoms with E-state index in [0.717, 1.165) is 142 Å². The first kappa shape index (κ1) is 63.7. The molecule has 0 saturated heterocycles. The van der Waals surface area contributed by atoms with Gasteiger partial charge in [0.1, 0.15) is 36.7 Å². The van der Waals surface area contributed by atoms with Gasteiger partial charge in [-0.15, -0.1) is 5.54 Å². The first-order valence-electron chi connectivity index (χ1n) is 30.4. The molecule has 6 heteroatoms. The number of aliphatic hydroxyl groups is 1. The number of hydrogen-bond acceptors (Lipinski definition) is 5. The van der Waals surface area contributed by atoms with Crippen molar-refractivity contribution in [1.29, 1.82) is 0 Å². The van der Waals surface area contributed by atoms with Gasteiger partial charge < -0.3 is 24.1 Å². The third-order valence-electron chi connectivity index (χ3n) is 13.5. The second kappa shape index (κ2) is 34.1. The van der Waals surface area contributed by atoms with E-state index in [1.54, 1.807) is 13.8 Å². The molecule has 6 aromatic rings. The van der Waals surface area contributed by atoms with Crippen molar-refractivity contribution < 1.29 is 24.1 Å². The molecule has 0 fully saturated rings. The van der Waals surface area contributed by atoms with Crippen LogP contribution in [0.5, 0.6) is 23.0 Å². The molecular formula is C76H88O5Si. The van der Waals surface area contributed by atoms with Crippen molar-refractivity contribution in [3.05, 3.63) is 166 Å². The molecule has 5 nitrogen and oxygen atoms in total. The van der Waals surface area contributed by atoms with Crippen molar-refractivity contribution in [2.24, 2.45) is 0 Å². The van der Waals surface area contributed by atoms with Crippen LogP contribution in [0.3, 0.4) is 0 Å². The topological polar surface area (TPSA) is 57.2 Å². The summed E-state index contributed by atoms with van der Waals surface area (Å²) in [5.41, 5.74) is 13.7. The van der Waals surface area contributed by atoms with Gasteiger partial charge in [0, 0.05) is 46.5 Å². The lowest BCUT2D eigenvalue weighted by atomic mass is 10.0. The Morgan fingerprint density at radius 2 is 0.598 bits per heavy atom. The Bertz CT molecular complexity index is 3260. The molecule has 6 rings (SSSR count). The van der Waals surface area contributed by atoms with E-state index in [4.69, 9.17) is 18.9 Å². The monoisotopic (exact) mass is 1110 g/mol. The van der Waals surface area contributed by atoms with Crippen LogP contribution in [0.1, 0.15) is 189 Å². The Hall–Kier alpha value is -7.50. The number of rotatable bonds is 26. The van der Waals surface area contributed by atoms with Crippen LogP contribution < -0.4 is 18.9 Å². The van der Waals surface area contributed by atoms with E-state index >= 15 is 0 Å². The van der Waals surface area contributed by atoms with Crippen LogP contribution in [-0.2, 0) is 0 Å². The van der Waals surface area contributed by atoms with Crippen LogP contribution in [0.4, 0.5) is 0 Å². The number of hydrogen-bond donors (Lipinski definition) is 1. The highest BCUT2D eigenvalue weighted by molar-refractivity contribution is 6.83. The van der Waals surface area contributed by atoms with E-state index in [0.29, 0.717) is 37.9 Å². The molecule has 0 amide bonds. The Morgan fingerprint density at radius 1 is 0.341 bits per heavy atom. The molecule has 0 radical (unpaired) electrons. The van der Waals surface area contributed by atoms with Gasteiger partial charge in [0.2, 0.25) is 0 Å². The molecule has 0 aliphatic heterocycles. The average molecular weight is 1110 g/mol. The molecule has 0 aliphatic carbocycles. The second-order valence-electron chi connectivity index (χ2n) is 22.7. The summed E-state index contributed by atoms with van der Waals surface area (Å²) in [6.45, 7) is 21.5. The molecule has 0 unspecified atom stereocenters. The first-order valence-corrected chi connectivity index (χ1v) is 33.9. The highest BCUT2D eigenvalue weighted by Gasteiger charge is 2.15. The number of ether oxygens (including phenoxy) is 4. The Morgan fingerprint density at radius 3 is 0.841 bits per heavy atom. The molecule has 0 saturated carbocycles. The molecule has 0 aliphatic rings. The van der Waals surface area contributed by atoms with Crippen molar-refractivity contribution >= 4 is 8.07 Å². The highest BCUT2D eigenvalue weighted by atomic mass is 28.3. The van der Waals surface area contributed by atoms with Gasteiger partial charge >= 0.3 is 0 Å². The summed E-state index contributed by atoms with van der Waals surface area (Å²) in [6, 6.07) is 41.3. The molecule has 0 heterocycles. The van der Waals surface area contributed by atoms with E-state index in [2.05, 4.69) is 185 Å². The molecule has 426 valence electrons. The largest absolute Gasteiger partial charge is 0.492 e. The number of unbranched alkanes of at least 4 members (excludes halogenated alkanes) is 12. The fraction of sp³-hybridized carbons (Fsp3) is 0.395. The quantitative estimate of drug-likeness (QED) is 0.0333. The van der Waals surface area contributed by atoms with Gasteiger partial charge in [-0.05, 0) is 110 Å². The van der Waals surface area contributed by atoms with E-state index in [1.165, 1.54) is 38.5 Å². The van der Waals surface area contributed by atoms with Crippen LogP contribution in [0.15, 0.2) is 121 Å². The van der Waals surface area contributed by atoms with Crippen LogP contribution in [0, 0.1) is 58.8 Å². The summed E-state index contributed by atoms with van der Waals surface area (Å²) >= 11 is 0. The summed E-state index contributed by atoms with van der Waals surface area (Å²) in [5.74, 6) is 33.0. The maximum absolute atomic E-state index is 10.0. The Kier molecular flexibility index (Phi) is 26.4. The van der Waals surface area contributed by atoms with Gasteiger partial charge in [-0.25, -0.2) is 0 Å². The van der Waals surface area contributed by atoms with Crippen LogP contribution in [0.2, 0.25) is 19.6 Å². The first-order chi connectivity index (χ1) is 39.7. The Labute approximate surface area is 495 Å². The molecule has 1 N–H and O–H groups in total. The van der Waals surface area contributed by atoms with Crippen molar-refractivity contribution in [3.8, 4) is 104 Å². The second-order valence-corrected chi connectivity index (χ2v) is 27.4. The average Bonchev–Trinajstić information content (AvgIpc) is 3.51. The van der Waals surface area contributed by atoms with Gasteiger partial charge in [-0.1, -0.05) is 226 Å². The summed E-state index contributed by atoms with van der Waals surface area (Å²) in [7, 11) is -1.64. The lowest BCUT2D eigenvalue weighted by molar-refractivity contribution is 0.143. The lowest BCUT2D eigenvalue weighted by Gasteiger charge is -2.14. The smallest absolute Gasteiger partial charge is 0.136 e. The molecule has 0 bridgehead atoms. The zero-order valence-electron chi connectivity index (χ0n) is 50.8. The normalized spacial score (nSPS) is 10.8. The van der Waals surface area contributed by atoms with E-state index in [-0.39, 0.29) is 0 Å². The molecule has 0 atom stereocenters. The molecule has 0 aromatic heterocycles. The predicted octanol–water partition coefficient (Wildman–Crippen LogP) is 18.4. The van der Waals surface area contributed by atoms with Crippen LogP contribution in [0.25, 0.3) is 22.3 Å². The highest BCUT2D eigenvalue weighted by Crippen LogP contribution is 2.32. The van der Waals surface area contributed by atoms with E-state index < -0.39 is 13.7 Å². The fourth-order valence-electron chi connectivity index (χ4n) is 8.71. The van der Waals surface area contributed by atoms with Crippen LogP contribution in [-0.4, -0.2) is 45.2 Å². The zero-order chi connectivity index (χ0) is 58.4. The lowest BCUT2D eigenvalue weighted by Crippen LogP contribution is -2.16. The van der Waals surface area contributed by atoms with Gasteiger partial charge in [-0.2, -0.15) is 0 Å². The maximum atomic E-state index is 10.0. The minimum atomic E-state index is -1.64. The fourth-order valence-corrected chi connectivity index (χ4v) is 9.22. The molecule has 6 aromatic carbocycles. The Balaban J connectivity index is 1.24. The molecular weight excluding hydrogens is 1020 g/mol. The van der Waals surface area contributed by atoms with E-state index in [1.807, 2.05) is 42.5 Å². The third kappa shape index (κ3) is 22.8. The van der Waals surface area contributed by atoms with Gasteiger partial charge in [0.05, 0.1) is 48.7 Å². The molecule has 82 heavy (non-hydrogen) atoms. The summed E-state index contributed by atoms with van der Waals surface area (Å²) < 4.78 is 25.9. The summed E-state index contributed by atoms with van der Waals surface area (Å²) in [4.78, 5) is 0. The van der Waals surface area contributed by atoms with Crippen LogP contribution >= 0.6 is 0 Å². The standard InChI is InChI=1S/C76H88O5Si/c1-10-14-18-22-51-78-72-57-69(46-35-61-30-41-66(42-31-61)67-43-32-63(33-44-67)48-50-76(5,6)77)73(79-52-23-19-15-11-2)56-68(72)45-34-60-26-37-64(38-27-60)65-39-28-62(29-40-65)36-47-70-58-75(81-54-25-21-17-13-4)71(49-55-82(7,8)9)59-74(70)80-53-24-20-16-12-3/h26-33,37-44,56-59,77H,10-25,51-54H2,1-9H3. The zero-order valence-corrected chi connectivity index (χ0v) is 51.8. The van der Waals surface area contributed by atoms with Gasteiger partial charge in [0.25, 0.3) is 0 Å². The summed E-state index contributed by atoms with van der Waals surface area (Å²) in [6.07, 6.45) is 17.8. The van der Waals surface area contributed by atoms with Crippen molar-refractivity contribution in [3.63, 3.8) is 0 Å². The maximum Gasteiger partial charge on any atom is 0.136 e. The predicted molar refractivity (Wildman–Crippen MR) is 347 cm³/mol.